The van der Waals surface area contributed by atoms with Crippen molar-refractivity contribution in [1.29, 1.82) is 0 Å². The van der Waals surface area contributed by atoms with Gasteiger partial charge in [0.15, 0.2) is 4.34 Å². The molecule has 0 aliphatic carbocycles. The second kappa shape index (κ2) is 9.66. The fraction of sp³-hybridized carbons (Fsp3) is 0.250. The van der Waals surface area contributed by atoms with Crippen molar-refractivity contribution in [2.24, 2.45) is 0 Å². The van der Waals surface area contributed by atoms with Gasteiger partial charge in [-0.1, -0.05) is 61.2 Å². The Morgan fingerprint density at radius 2 is 1.82 bits per heavy atom. The third-order valence-corrected chi connectivity index (χ3v) is 5.94. The van der Waals surface area contributed by atoms with Crippen molar-refractivity contribution in [3.8, 4) is 0 Å². The van der Waals surface area contributed by atoms with E-state index in [0.29, 0.717) is 17.6 Å². The molecule has 3 aromatic rings. The van der Waals surface area contributed by atoms with E-state index in [2.05, 4.69) is 46.8 Å². The third kappa shape index (κ3) is 6.03. The second-order valence-corrected chi connectivity index (χ2v) is 8.67. The number of carbonyl (C=O) groups is 1. The van der Waals surface area contributed by atoms with E-state index in [1.165, 1.54) is 40.8 Å². The number of hydrogen-bond donors (Lipinski definition) is 2. The van der Waals surface area contributed by atoms with Crippen LogP contribution in [0.15, 0.2) is 52.9 Å². The van der Waals surface area contributed by atoms with Crippen molar-refractivity contribution < 1.29 is 9.18 Å². The molecule has 0 unspecified atom stereocenters. The summed E-state index contributed by atoms with van der Waals surface area (Å²) in [5.74, 6) is 0.345. The minimum atomic E-state index is -0.290. The van der Waals surface area contributed by atoms with Gasteiger partial charge < -0.3 is 10.6 Å². The number of nitrogens with zero attached hydrogens (tertiary/aromatic N) is 2. The van der Waals surface area contributed by atoms with Gasteiger partial charge in [-0.2, -0.15) is 0 Å². The van der Waals surface area contributed by atoms with Crippen LogP contribution in [-0.2, 0) is 11.3 Å². The molecule has 1 aromatic heterocycles. The van der Waals surface area contributed by atoms with Crippen molar-refractivity contribution in [3.63, 3.8) is 0 Å². The molecule has 0 aliphatic heterocycles. The minimum Gasteiger partial charge on any atom is -0.351 e. The summed E-state index contributed by atoms with van der Waals surface area (Å²) >= 11 is 2.74. The van der Waals surface area contributed by atoms with Crippen LogP contribution in [0.1, 0.15) is 30.9 Å². The summed E-state index contributed by atoms with van der Waals surface area (Å²) in [6, 6.07) is 14.3. The number of rotatable bonds is 8. The summed E-state index contributed by atoms with van der Waals surface area (Å²) in [7, 11) is 0. The maximum Gasteiger partial charge on any atom is 0.230 e. The number of halogens is 1. The Morgan fingerprint density at radius 3 is 2.50 bits per heavy atom. The first-order valence-electron chi connectivity index (χ1n) is 8.84. The lowest BCUT2D eigenvalue weighted by Gasteiger charge is -2.06. The molecule has 8 heteroatoms. The fourth-order valence-electron chi connectivity index (χ4n) is 2.37. The first-order chi connectivity index (χ1) is 13.5. The highest BCUT2D eigenvalue weighted by Crippen LogP contribution is 2.28. The van der Waals surface area contributed by atoms with Gasteiger partial charge in [-0.05, 0) is 41.3 Å². The summed E-state index contributed by atoms with van der Waals surface area (Å²) in [6.07, 6.45) is 0. The average molecular weight is 417 g/mol. The number of aromatic nitrogens is 2. The number of carbonyl (C=O) groups excluding carboxylic acids is 1. The molecule has 1 heterocycles. The zero-order valence-electron chi connectivity index (χ0n) is 15.6. The normalized spacial score (nSPS) is 10.9. The van der Waals surface area contributed by atoms with Crippen molar-refractivity contribution in [3.05, 3.63) is 65.5 Å². The Balaban J connectivity index is 1.45. The van der Waals surface area contributed by atoms with Gasteiger partial charge in [0, 0.05) is 12.2 Å². The van der Waals surface area contributed by atoms with E-state index in [9.17, 15) is 9.18 Å². The number of anilines is 2. The molecule has 0 radical (unpaired) electrons. The van der Waals surface area contributed by atoms with Gasteiger partial charge in [0.25, 0.3) is 0 Å². The lowest BCUT2D eigenvalue weighted by atomic mass is 10.0. The monoisotopic (exact) mass is 416 g/mol. The highest BCUT2D eigenvalue weighted by molar-refractivity contribution is 8.01. The number of amides is 1. The van der Waals surface area contributed by atoms with Crippen LogP contribution >= 0.6 is 23.1 Å². The molecule has 2 aromatic carbocycles. The van der Waals surface area contributed by atoms with Crippen LogP contribution in [0.2, 0.25) is 0 Å². The molecule has 5 nitrogen and oxygen atoms in total. The van der Waals surface area contributed by atoms with Gasteiger partial charge in [-0.15, -0.1) is 10.2 Å². The Bertz CT molecular complexity index is 911. The van der Waals surface area contributed by atoms with E-state index < -0.39 is 0 Å². The topological polar surface area (TPSA) is 66.9 Å². The highest BCUT2D eigenvalue weighted by Gasteiger charge is 2.09. The van der Waals surface area contributed by atoms with E-state index in [4.69, 9.17) is 0 Å². The molecular formula is C20H21FN4OS2. The van der Waals surface area contributed by atoms with Crippen LogP contribution in [0.3, 0.4) is 0 Å². The molecule has 0 aliphatic rings. The van der Waals surface area contributed by atoms with Gasteiger partial charge in [-0.3, -0.25) is 4.79 Å². The van der Waals surface area contributed by atoms with Gasteiger partial charge in [0.1, 0.15) is 5.82 Å². The largest absolute Gasteiger partial charge is 0.351 e. The quantitative estimate of drug-likeness (QED) is 0.509. The smallest absolute Gasteiger partial charge is 0.230 e. The Hall–Kier alpha value is -2.45. The van der Waals surface area contributed by atoms with E-state index in [-0.39, 0.29) is 17.5 Å². The third-order valence-electron chi connectivity index (χ3n) is 3.96. The van der Waals surface area contributed by atoms with E-state index in [1.54, 1.807) is 12.1 Å². The second-order valence-electron chi connectivity index (χ2n) is 6.47. The van der Waals surface area contributed by atoms with Crippen LogP contribution in [0.4, 0.5) is 15.2 Å². The minimum absolute atomic E-state index is 0.108. The summed E-state index contributed by atoms with van der Waals surface area (Å²) in [5, 5.41) is 14.9. The van der Waals surface area contributed by atoms with E-state index in [0.717, 1.165) is 15.6 Å². The predicted molar refractivity (Wildman–Crippen MR) is 113 cm³/mol. The van der Waals surface area contributed by atoms with Crippen LogP contribution in [0, 0.1) is 5.82 Å². The van der Waals surface area contributed by atoms with Gasteiger partial charge in [-0.25, -0.2) is 4.39 Å². The van der Waals surface area contributed by atoms with Gasteiger partial charge in [0.05, 0.1) is 5.75 Å². The zero-order chi connectivity index (χ0) is 19.9. The standard InChI is InChI=1S/C20H21FN4OS2/c1-13(2)15-5-9-17(10-6-15)23-19-24-25-20(28-19)27-12-18(26)22-11-14-3-7-16(21)8-4-14/h3-10,13H,11-12H2,1-2H3,(H,22,26)(H,23,24). The van der Waals surface area contributed by atoms with Crippen molar-refractivity contribution in [2.75, 3.05) is 11.1 Å². The molecule has 2 N–H and O–H groups in total. The lowest BCUT2D eigenvalue weighted by molar-refractivity contribution is -0.118. The molecule has 3 rings (SSSR count). The van der Waals surface area contributed by atoms with Crippen LogP contribution in [0.25, 0.3) is 0 Å². The summed E-state index contributed by atoms with van der Waals surface area (Å²) in [5.41, 5.74) is 3.09. The number of nitrogens with one attached hydrogen (secondary N) is 2. The average Bonchev–Trinajstić information content (AvgIpc) is 3.13. The Kier molecular flexibility index (Phi) is 7.00. The van der Waals surface area contributed by atoms with Crippen LogP contribution < -0.4 is 10.6 Å². The molecule has 0 atom stereocenters. The molecule has 146 valence electrons. The Labute approximate surface area is 171 Å². The maximum atomic E-state index is 12.9. The fourth-order valence-corrected chi connectivity index (χ4v) is 3.98. The molecule has 0 saturated heterocycles. The summed E-state index contributed by atoms with van der Waals surface area (Å²) in [6.45, 7) is 4.69. The number of hydrogen-bond acceptors (Lipinski definition) is 6. The first kappa shape index (κ1) is 20.3. The van der Waals surface area contributed by atoms with Gasteiger partial charge >= 0.3 is 0 Å². The predicted octanol–water partition coefficient (Wildman–Crippen LogP) is 4.95. The first-order valence-corrected chi connectivity index (χ1v) is 10.6. The van der Waals surface area contributed by atoms with E-state index >= 15 is 0 Å². The Morgan fingerprint density at radius 1 is 1.11 bits per heavy atom. The van der Waals surface area contributed by atoms with Crippen molar-refractivity contribution >= 4 is 39.8 Å². The maximum absolute atomic E-state index is 12.9. The molecule has 0 spiro atoms. The molecule has 0 fully saturated rings. The number of benzene rings is 2. The van der Waals surface area contributed by atoms with E-state index in [1.807, 2.05) is 12.1 Å². The van der Waals surface area contributed by atoms with Crippen LogP contribution in [-0.4, -0.2) is 21.9 Å². The molecular weight excluding hydrogens is 395 g/mol. The SMILES string of the molecule is CC(C)c1ccc(Nc2nnc(SCC(=O)NCc3ccc(F)cc3)s2)cc1. The van der Waals surface area contributed by atoms with Crippen molar-refractivity contribution in [1.82, 2.24) is 15.5 Å². The lowest BCUT2D eigenvalue weighted by Crippen LogP contribution is -2.24. The highest BCUT2D eigenvalue weighted by atomic mass is 32.2. The molecule has 0 saturated carbocycles. The molecule has 28 heavy (non-hydrogen) atoms. The number of thioether (sulfide) groups is 1. The summed E-state index contributed by atoms with van der Waals surface area (Å²) in [4.78, 5) is 12.0. The van der Waals surface area contributed by atoms with Crippen LogP contribution in [0.5, 0.6) is 0 Å². The van der Waals surface area contributed by atoms with Gasteiger partial charge in [0.2, 0.25) is 11.0 Å². The zero-order valence-corrected chi connectivity index (χ0v) is 17.2. The summed E-state index contributed by atoms with van der Waals surface area (Å²) < 4.78 is 13.6. The molecule has 1 amide bonds. The molecule has 0 bridgehead atoms. The van der Waals surface area contributed by atoms with Crippen molar-refractivity contribution in [2.45, 2.75) is 30.6 Å².